The van der Waals surface area contributed by atoms with Gasteiger partial charge in [-0.3, -0.25) is 9.80 Å². The fourth-order valence-electron chi connectivity index (χ4n) is 1.78. The van der Waals surface area contributed by atoms with Crippen LogP contribution in [0.5, 0.6) is 5.75 Å². The second-order valence-electron chi connectivity index (χ2n) is 4.48. The van der Waals surface area contributed by atoms with Crippen LogP contribution in [0, 0.1) is 5.82 Å². The number of Topliss-reactive ketones (excluding diaryl/α,β-unsaturated/α-hetero) is 1. The Labute approximate surface area is 111 Å². The molecule has 0 bridgehead atoms. The molecule has 4 nitrogen and oxygen atoms in total. The van der Waals surface area contributed by atoms with Gasteiger partial charge in [0.2, 0.25) is 0 Å². The topological polar surface area (TPSA) is 41.9 Å². The number of unbranched alkanes of at least 4 members (excludes halogenated alkanes) is 1. The van der Waals surface area contributed by atoms with E-state index in [1.165, 1.54) is 11.1 Å². The molecule has 1 heterocycles. The van der Waals surface area contributed by atoms with Gasteiger partial charge >= 0.3 is 0 Å². The van der Waals surface area contributed by atoms with E-state index in [0.29, 0.717) is 18.1 Å². The van der Waals surface area contributed by atoms with E-state index in [1.54, 1.807) is 19.1 Å². The molecule has 0 saturated heterocycles. The first-order valence-corrected chi connectivity index (χ1v) is 6.40. The Kier molecular flexibility index (Phi) is 4.14. The second kappa shape index (κ2) is 5.82. The van der Waals surface area contributed by atoms with Crippen molar-refractivity contribution in [2.75, 3.05) is 18.2 Å². The molecular weight excluding hydrogens is 247 g/mol. The van der Waals surface area contributed by atoms with Crippen LogP contribution in [0.25, 0.3) is 0 Å². The highest BCUT2D eigenvalue weighted by Gasteiger charge is 2.23. The Morgan fingerprint density at radius 2 is 2.26 bits per heavy atom. The molecule has 0 amide bonds. The Hall–Kier alpha value is -1.91. The average Bonchev–Trinajstić information content (AvgIpc) is 2.72. The fourth-order valence-corrected chi connectivity index (χ4v) is 1.78. The number of ether oxygens (including phenoxy) is 1. The van der Waals surface area contributed by atoms with Gasteiger partial charge in [-0.1, -0.05) is 13.3 Å². The van der Waals surface area contributed by atoms with Crippen LogP contribution in [0.15, 0.2) is 23.3 Å². The maximum absolute atomic E-state index is 13.8. The maximum atomic E-state index is 13.8. The molecule has 1 aromatic carbocycles. The van der Waals surface area contributed by atoms with Crippen molar-refractivity contribution >= 4 is 17.2 Å². The number of hydrogen-bond donors (Lipinski definition) is 0. The van der Waals surface area contributed by atoms with Gasteiger partial charge in [0.25, 0.3) is 0 Å². The molecule has 0 spiro atoms. The molecule has 0 unspecified atom stereocenters. The van der Waals surface area contributed by atoms with Gasteiger partial charge in [0.1, 0.15) is 23.8 Å². The van der Waals surface area contributed by atoms with E-state index in [9.17, 15) is 9.18 Å². The smallest absolute Gasteiger partial charge is 0.199 e. The van der Waals surface area contributed by atoms with Gasteiger partial charge in [-0.15, -0.1) is 0 Å². The third-order valence-electron chi connectivity index (χ3n) is 2.93. The predicted molar refractivity (Wildman–Crippen MR) is 72.3 cm³/mol. The van der Waals surface area contributed by atoms with E-state index in [2.05, 4.69) is 12.0 Å². The standard InChI is InChI=1S/C14H17FN2O2/c1-3-4-7-19-11-5-6-12(15)13(8-11)17-9-14(18)10(2)16-17/h5-6,8H,3-4,7,9H2,1-2H3. The number of carbonyl (C=O) groups is 1. The highest BCUT2D eigenvalue weighted by molar-refractivity contribution is 6.42. The first-order chi connectivity index (χ1) is 9.11. The van der Waals surface area contributed by atoms with E-state index < -0.39 is 5.82 Å². The van der Waals surface area contributed by atoms with Gasteiger partial charge in [-0.05, 0) is 25.5 Å². The first-order valence-electron chi connectivity index (χ1n) is 6.40. The van der Waals surface area contributed by atoms with Crippen LogP contribution in [0.4, 0.5) is 10.1 Å². The number of carbonyl (C=O) groups excluding carboxylic acids is 1. The molecular formula is C14H17FN2O2. The Bertz CT molecular complexity index is 514. The lowest BCUT2D eigenvalue weighted by molar-refractivity contribution is -0.111. The number of hydrazone groups is 1. The fraction of sp³-hybridized carbons (Fsp3) is 0.429. The predicted octanol–water partition coefficient (Wildman–Crippen LogP) is 2.77. The Morgan fingerprint density at radius 1 is 1.47 bits per heavy atom. The largest absolute Gasteiger partial charge is 0.494 e. The van der Waals surface area contributed by atoms with Gasteiger partial charge in [0, 0.05) is 6.07 Å². The lowest BCUT2D eigenvalue weighted by atomic mass is 10.2. The number of halogens is 1. The van der Waals surface area contributed by atoms with Crippen molar-refractivity contribution in [3.05, 3.63) is 24.0 Å². The third kappa shape index (κ3) is 3.10. The molecule has 0 aliphatic carbocycles. The lowest BCUT2D eigenvalue weighted by Gasteiger charge is -2.15. The van der Waals surface area contributed by atoms with Crippen LogP contribution in [0.3, 0.4) is 0 Å². The molecule has 1 aliphatic heterocycles. The minimum Gasteiger partial charge on any atom is -0.494 e. The number of benzene rings is 1. The number of nitrogens with zero attached hydrogens (tertiary/aromatic N) is 2. The van der Waals surface area contributed by atoms with Gasteiger partial charge in [-0.25, -0.2) is 4.39 Å². The first kappa shape index (κ1) is 13.5. The third-order valence-corrected chi connectivity index (χ3v) is 2.93. The summed E-state index contributed by atoms with van der Waals surface area (Å²) in [5, 5.41) is 5.42. The Balaban J connectivity index is 2.16. The van der Waals surface area contributed by atoms with Crippen molar-refractivity contribution in [1.82, 2.24) is 0 Å². The van der Waals surface area contributed by atoms with Crippen molar-refractivity contribution in [1.29, 1.82) is 0 Å². The van der Waals surface area contributed by atoms with Crippen molar-refractivity contribution in [2.24, 2.45) is 5.10 Å². The molecule has 0 N–H and O–H groups in total. The summed E-state index contributed by atoms with van der Waals surface area (Å²) >= 11 is 0. The van der Waals surface area contributed by atoms with Gasteiger partial charge in [0.05, 0.1) is 12.3 Å². The number of anilines is 1. The van der Waals surface area contributed by atoms with Crippen LogP contribution < -0.4 is 9.75 Å². The number of rotatable bonds is 5. The minimum absolute atomic E-state index is 0.0845. The summed E-state index contributed by atoms with van der Waals surface area (Å²) in [6, 6.07) is 4.51. The van der Waals surface area contributed by atoms with E-state index >= 15 is 0 Å². The number of hydrogen-bond acceptors (Lipinski definition) is 4. The van der Waals surface area contributed by atoms with Crippen molar-refractivity contribution in [3.8, 4) is 5.75 Å². The van der Waals surface area contributed by atoms with Gasteiger partial charge in [0.15, 0.2) is 5.78 Å². The molecule has 0 saturated carbocycles. The zero-order valence-electron chi connectivity index (χ0n) is 11.1. The maximum Gasteiger partial charge on any atom is 0.199 e. The molecule has 2 rings (SSSR count). The van der Waals surface area contributed by atoms with E-state index in [0.717, 1.165) is 12.8 Å². The summed E-state index contributed by atoms with van der Waals surface area (Å²) in [5.41, 5.74) is 0.677. The normalized spacial score (nSPS) is 14.8. The van der Waals surface area contributed by atoms with Crippen LogP contribution in [-0.4, -0.2) is 24.6 Å². The summed E-state index contributed by atoms with van der Waals surface area (Å²) < 4.78 is 19.3. The van der Waals surface area contributed by atoms with Gasteiger partial charge < -0.3 is 4.74 Å². The minimum atomic E-state index is -0.408. The summed E-state index contributed by atoms with van der Waals surface area (Å²) in [4.78, 5) is 11.4. The summed E-state index contributed by atoms with van der Waals surface area (Å²) in [7, 11) is 0. The molecule has 1 aromatic rings. The zero-order chi connectivity index (χ0) is 13.8. The number of ketones is 1. The molecule has 0 radical (unpaired) electrons. The molecule has 0 fully saturated rings. The van der Waals surface area contributed by atoms with Crippen LogP contribution >= 0.6 is 0 Å². The van der Waals surface area contributed by atoms with Crippen molar-refractivity contribution in [3.63, 3.8) is 0 Å². The SMILES string of the molecule is CCCCOc1ccc(F)c(N2CC(=O)C(C)=N2)c1. The Morgan fingerprint density at radius 3 is 2.89 bits per heavy atom. The average molecular weight is 264 g/mol. The van der Waals surface area contributed by atoms with Crippen molar-refractivity contribution in [2.45, 2.75) is 26.7 Å². The molecule has 0 aromatic heterocycles. The quantitative estimate of drug-likeness (QED) is 0.768. The van der Waals surface area contributed by atoms with Crippen molar-refractivity contribution < 1.29 is 13.9 Å². The van der Waals surface area contributed by atoms with Crippen LogP contribution in [0.2, 0.25) is 0 Å². The molecule has 19 heavy (non-hydrogen) atoms. The van der Waals surface area contributed by atoms with E-state index in [4.69, 9.17) is 4.74 Å². The summed E-state index contributed by atoms with van der Waals surface area (Å²) in [5.74, 6) is 0.0999. The van der Waals surface area contributed by atoms with Crippen LogP contribution in [0.1, 0.15) is 26.7 Å². The van der Waals surface area contributed by atoms with E-state index in [-0.39, 0.29) is 18.0 Å². The molecule has 1 aliphatic rings. The summed E-state index contributed by atoms with van der Waals surface area (Å²) in [6.45, 7) is 4.39. The molecule has 0 atom stereocenters. The highest BCUT2D eigenvalue weighted by atomic mass is 19.1. The highest BCUT2D eigenvalue weighted by Crippen LogP contribution is 2.27. The monoisotopic (exact) mass is 264 g/mol. The van der Waals surface area contributed by atoms with E-state index in [1.807, 2.05) is 0 Å². The lowest BCUT2D eigenvalue weighted by Crippen LogP contribution is -2.19. The molecule has 5 heteroatoms. The zero-order valence-corrected chi connectivity index (χ0v) is 11.1. The van der Waals surface area contributed by atoms with Crippen LogP contribution in [-0.2, 0) is 4.79 Å². The van der Waals surface area contributed by atoms with Gasteiger partial charge in [-0.2, -0.15) is 5.10 Å². The molecule has 102 valence electrons. The summed E-state index contributed by atoms with van der Waals surface area (Å²) in [6.07, 6.45) is 1.99. The second-order valence-corrected chi connectivity index (χ2v) is 4.48.